The SMILES string of the molecule is Cc1ccsc1CNCCc1c[nH]c2ccccc12.Cl. The molecule has 0 radical (unpaired) electrons. The fraction of sp³-hybridized carbons (Fsp3) is 0.250. The van der Waals surface area contributed by atoms with E-state index in [0.29, 0.717) is 0 Å². The van der Waals surface area contributed by atoms with Gasteiger partial charge < -0.3 is 10.3 Å². The van der Waals surface area contributed by atoms with Crippen LogP contribution in [0.15, 0.2) is 41.9 Å². The van der Waals surface area contributed by atoms with E-state index in [2.05, 4.69) is 59.1 Å². The van der Waals surface area contributed by atoms with Gasteiger partial charge in [0, 0.05) is 28.5 Å². The lowest BCUT2D eigenvalue weighted by molar-refractivity contribution is 0.693. The van der Waals surface area contributed by atoms with E-state index in [0.717, 1.165) is 19.5 Å². The van der Waals surface area contributed by atoms with Crippen LogP contribution in [-0.4, -0.2) is 11.5 Å². The molecule has 3 rings (SSSR count). The number of thiophene rings is 1. The molecule has 0 spiro atoms. The number of aryl methyl sites for hydroxylation is 1. The van der Waals surface area contributed by atoms with Crippen molar-refractivity contribution in [3.63, 3.8) is 0 Å². The highest BCUT2D eigenvalue weighted by atomic mass is 35.5. The lowest BCUT2D eigenvalue weighted by atomic mass is 10.1. The van der Waals surface area contributed by atoms with Crippen molar-refractivity contribution in [2.24, 2.45) is 0 Å². The number of rotatable bonds is 5. The van der Waals surface area contributed by atoms with Crippen molar-refractivity contribution in [2.75, 3.05) is 6.54 Å². The first kappa shape index (κ1) is 15.1. The zero-order chi connectivity index (χ0) is 13.1. The van der Waals surface area contributed by atoms with E-state index in [9.17, 15) is 0 Å². The molecule has 2 N–H and O–H groups in total. The second kappa shape index (κ2) is 6.93. The number of H-pyrrole nitrogens is 1. The molecule has 2 nitrogen and oxygen atoms in total. The van der Waals surface area contributed by atoms with E-state index in [1.165, 1.54) is 26.9 Å². The summed E-state index contributed by atoms with van der Waals surface area (Å²) in [5, 5.41) is 7.03. The van der Waals surface area contributed by atoms with Gasteiger partial charge in [0.1, 0.15) is 0 Å². The molecular weight excluding hydrogens is 288 g/mol. The second-order valence-corrected chi connectivity index (χ2v) is 5.81. The Hall–Kier alpha value is -1.29. The topological polar surface area (TPSA) is 27.8 Å². The van der Waals surface area contributed by atoms with E-state index in [4.69, 9.17) is 0 Å². The smallest absolute Gasteiger partial charge is 0.0456 e. The highest BCUT2D eigenvalue weighted by Gasteiger charge is 2.03. The molecule has 0 aliphatic heterocycles. The van der Waals surface area contributed by atoms with Gasteiger partial charge in [0.05, 0.1) is 0 Å². The average molecular weight is 307 g/mol. The van der Waals surface area contributed by atoms with Gasteiger partial charge in [-0.25, -0.2) is 0 Å². The summed E-state index contributed by atoms with van der Waals surface area (Å²) in [6.07, 6.45) is 3.19. The normalized spacial score (nSPS) is 10.7. The molecule has 3 aromatic rings. The van der Waals surface area contributed by atoms with Crippen molar-refractivity contribution in [1.29, 1.82) is 0 Å². The van der Waals surface area contributed by atoms with E-state index < -0.39 is 0 Å². The fourth-order valence-corrected chi connectivity index (χ4v) is 3.22. The monoisotopic (exact) mass is 306 g/mol. The third-order valence-corrected chi connectivity index (χ3v) is 4.52. The predicted octanol–water partition coefficient (Wildman–Crippen LogP) is 4.29. The fourth-order valence-electron chi connectivity index (χ4n) is 2.35. The average Bonchev–Trinajstić information content (AvgIpc) is 3.02. The van der Waals surface area contributed by atoms with Crippen molar-refractivity contribution in [2.45, 2.75) is 19.9 Å². The van der Waals surface area contributed by atoms with Crippen LogP contribution in [0.2, 0.25) is 0 Å². The zero-order valence-corrected chi connectivity index (χ0v) is 13.1. The Morgan fingerprint density at radius 1 is 1.20 bits per heavy atom. The molecule has 0 aliphatic rings. The Kier molecular flexibility index (Phi) is 5.24. The summed E-state index contributed by atoms with van der Waals surface area (Å²) in [4.78, 5) is 4.77. The largest absolute Gasteiger partial charge is 0.361 e. The number of nitrogens with one attached hydrogen (secondary N) is 2. The Bertz CT molecular complexity index is 672. The van der Waals surface area contributed by atoms with Gasteiger partial charge in [-0.2, -0.15) is 0 Å². The van der Waals surface area contributed by atoms with E-state index in [1.54, 1.807) is 0 Å². The van der Waals surface area contributed by atoms with Gasteiger partial charge in [0.25, 0.3) is 0 Å². The number of para-hydroxylation sites is 1. The summed E-state index contributed by atoms with van der Waals surface area (Å²) in [5.41, 5.74) is 4.02. The van der Waals surface area contributed by atoms with Crippen molar-refractivity contribution in [1.82, 2.24) is 10.3 Å². The Balaban J connectivity index is 0.00000147. The molecular formula is C16H19ClN2S. The number of halogens is 1. The van der Waals surface area contributed by atoms with Crippen LogP contribution in [0.4, 0.5) is 0 Å². The van der Waals surface area contributed by atoms with Crippen LogP contribution in [0.5, 0.6) is 0 Å². The summed E-state index contributed by atoms with van der Waals surface area (Å²) >= 11 is 1.83. The van der Waals surface area contributed by atoms with Gasteiger partial charge in [-0.05, 0) is 48.5 Å². The summed E-state index contributed by atoms with van der Waals surface area (Å²) < 4.78 is 0. The first-order chi connectivity index (χ1) is 9.34. The minimum atomic E-state index is 0. The zero-order valence-electron chi connectivity index (χ0n) is 11.5. The number of benzene rings is 1. The molecule has 2 aromatic heterocycles. The maximum Gasteiger partial charge on any atom is 0.0456 e. The van der Waals surface area contributed by atoms with Crippen LogP contribution in [0, 0.1) is 6.92 Å². The van der Waals surface area contributed by atoms with Crippen LogP contribution < -0.4 is 5.32 Å². The van der Waals surface area contributed by atoms with Crippen LogP contribution in [0.25, 0.3) is 10.9 Å². The molecule has 0 saturated carbocycles. The Labute approximate surface area is 129 Å². The summed E-state index contributed by atoms with van der Waals surface area (Å²) in [6, 6.07) is 10.7. The number of aromatic nitrogens is 1. The number of hydrogen-bond acceptors (Lipinski definition) is 2. The minimum absolute atomic E-state index is 0. The van der Waals surface area contributed by atoms with E-state index >= 15 is 0 Å². The molecule has 0 unspecified atom stereocenters. The van der Waals surface area contributed by atoms with Crippen molar-refractivity contribution >= 4 is 34.6 Å². The second-order valence-electron chi connectivity index (χ2n) is 4.81. The maximum absolute atomic E-state index is 3.53. The molecule has 106 valence electrons. The molecule has 0 bridgehead atoms. The van der Waals surface area contributed by atoms with E-state index in [-0.39, 0.29) is 12.4 Å². The summed E-state index contributed by atoms with van der Waals surface area (Å²) in [7, 11) is 0. The molecule has 4 heteroatoms. The molecule has 20 heavy (non-hydrogen) atoms. The minimum Gasteiger partial charge on any atom is -0.361 e. The van der Waals surface area contributed by atoms with E-state index in [1.807, 2.05) is 11.3 Å². The first-order valence-electron chi connectivity index (χ1n) is 6.63. The van der Waals surface area contributed by atoms with Gasteiger partial charge in [-0.1, -0.05) is 18.2 Å². The van der Waals surface area contributed by atoms with Gasteiger partial charge in [-0.15, -0.1) is 23.7 Å². The predicted molar refractivity (Wildman–Crippen MR) is 90.0 cm³/mol. The summed E-state index contributed by atoms with van der Waals surface area (Å²) in [5.74, 6) is 0. The van der Waals surface area contributed by atoms with Crippen LogP contribution in [0.1, 0.15) is 16.0 Å². The molecule has 2 heterocycles. The maximum atomic E-state index is 3.53. The summed E-state index contributed by atoms with van der Waals surface area (Å²) in [6.45, 7) is 4.16. The quantitative estimate of drug-likeness (QED) is 0.676. The molecule has 0 fully saturated rings. The number of fused-ring (bicyclic) bond motifs is 1. The third kappa shape index (κ3) is 3.23. The molecule has 0 atom stereocenters. The highest BCUT2D eigenvalue weighted by Crippen LogP contribution is 2.18. The van der Waals surface area contributed by atoms with Gasteiger partial charge in [0.2, 0.25) is 0 Å². The van der Waals surface area contributed by atoms with Crippen molar-refractivity contribution < 1.29 is 0 Å². The van der Waals surface area contributed by atoms with Crippen LogP contribution >= 0.6 is 23.7 Å². The lowest BCUT2D eigenvalue weighted by Crippen LogP contribution is -2.16. The lowest BCUT2D eigenvalue weighted by Gasteiger charge is -2.03. The first-order valence-corrected chi connectivity index (χ1v) is 7.51. The Morgan fingerprint density at radius 2 is 2.05 bits per heavy atom. The molecule has 0 aliphatic carbocycles. The highest BCUT2D eigenvalue weighted by molar-refractivity contribution is 7.10. The van der Waals surface area contributed by atoms with Crippen LogP contribution in [0.3, 0.4) is 0 Å². The van der Waals surface area contributed by atoms with Gasteiger partial charge in [0.15, 0.2) is 0 Å². The molecule has 0 saturated heterocycles. The number of aromatic amines is 1. The van der Waals surface area contributed by atoms with Crippen LogP contribution in [-0.2, 0) is 13.0 Å². The van der Waals surface area contributed by atoms with Gasteiger partial charge >= 0.3 is 0 Å². The number of hydrogen-bond donors (Lipinski definition) is 2. The van der Waals surface area contributed by atoms with Gasteiger partial charge in [-0.3, -0.25) is 0 Å². The van der Waals surface area contributed by atoms with Crippen molar-refractivity contribution in [3.05, 3.63) is 57.9 Å². The third-order valence-electron chi connectivity index (χ3n) is 3.50. The molecule has 1 aromatic carbocycles. The standard InChI is InChI=1S/C16H18N2S.ClH/c1-12-7-9-19-16(12)11-17-8-6-13-10-18-15-5-3-2-4-14(13)15;/h2-5,7,9-10,17-18H,6,8,11H2,1H3;1H. The Morgan fingerprint density at radius 3 is 2.85 bits per heavy atom. The van der Waals surface area contributed by atoms with Crippen molar-refractivity contribution in [3.8, 4) is 0 Å². The molecule has 0 amide bonds.